The van der Waals surface area contributed by atoms with Crippen LogP contribution >= 0.6 is 0 Å². The summed E-state index contributed by atoms with van der Waals surface area (Å²) in [4.78, 5) is 21.2. The van der Waals surface area contributed by atoms with E-state index in [9.17, 15) is 9.90 Å². The summed E-state index contributed by atoms with van der Waals surface area (Å²) < 4.78 is 0. The number of aromatic hydroxyl groups is 1. The Hall–Kier alpha value is -2.86. The van der Waals surface area contributed by atoms with Gasteiger partial charge in [0.05, 0.1) is 11.3 Å². The number of nitrogens with zero attached hydrogens (tertiary/aromatic N) is 2. The van der Waals surface area contributed by atoms with Crippen LogP contribution in [-0.4, -0.2) is 36.1 Å². The van der Waals surface area contributed by atoms with E-state index in [4.69, 9.17) is 7.85 Å². The molecule has 2 N–H and O–H groups in total. The molecular formula is C19H16BN3O2. The van der Waals surface area contributed by atoms with Crippen molar-refractivity contribution in [2.24, 2.45) is 4.99 Å². The fraction of sp³-hybridized carbons (Fsp3) is 0.158. The SMILES string of the molecule is [B]c1ccc2c(=O)[nH]c(O)c(C=Nc3ccc4c(c3)CN(C)C4)c2c1. The summed E-state index contributed by atoms with van der Waals surface area (Å²) in [6.07, 6.45) is 1.56. The molecule has 2 heterocycles. The first-order valence-electron chi connectivity index (χ1n) is 8.00. The zero-order valence-electron chi connectivity index (χ0n) is 13.8. The van der Waals surface area contributed by atoms with E-state index in [1.54, 1.807) is 24.4 Å². The molecule has 122 valence electrons. The van der Waals surface area contributed by atoms with Gasteiger partial charge >= 0.3 is 0 Å². The highest BCUT2D eigenvalue weighted by Gasteiger charge is 2.15. The molecule has 0 bridgehead atoms. The molecule has 2 radical (unpaired) electrons. The Bertz CT molecular complexity index is 1070. The third kappa shape index (κ3) is 2.85. The lowest BCUT2D eigenvalue weighted by molar-refractivity contribution is 0.353. The first-order valence-corrected chi connectivity index (χ1v) is 8.00. The Morgan fingerprint density at radius 1 is 1.16 bits per heavy atom. The number of nitrogens with one attached hydrogen (secondary N) is 1. The van der Waals surface area contributed by atoms with Crippen molar-refractivity contribution in [3.8, 4) is 5.88 Å². The molecule has 6 heteroatoms. The maximum atomic E-state index is 12.0. The number of aromatic nitrogens is 1. The number of fused-ring (bicyclic) bond motifs is 2. The fourth-order valence-electron chi connectivity index (χ4n) is 3.25. The smallest absolute Gasteiger partial charge is 0.258 e. The first-order chi connectivity index (χ1) is 12.0. The molecule has 0 fully saturated rings. The summed E-state index contributed by atoms with van der Waals surface area (Å²) in [5.41, 5.74) is 3.98. The van der Waals surface area contributed by atoms with Crippen LogP contribution in [0.25, 0.3) is 10.8 Å². The predicted octanol–water partition coefficient (Wildman–Crippen LogP) is 1.72. The van der Waals surface area contributed by atoms with Crippen molar-refractivity contribution in [2.75, 3.05) is 7.05 Å². The number of H-pyrrole nitrogens is 1. The standard InChI is InChI=1S/C19H16BN3O2/c1-23-9-11-2-4-14(6-12(11)10-23)21-8-17-16-7-13(20)3-5-15(16)18(24)22-19(17)25/h2-8H,9-10H2,1H3,(H2,22,24,25). The minimum absolute atomic E-state index is 0.215. The van der Waals surface area contributed by atoms with Crippen molar-refractivity contribution in [1.82, 2.24) is 9.88 Å². The van der Waals surface area contributed by atoms with Crippen molar-refractivity contribution in [2.45, 2.75) is 13.1 Å². The van der Waals surface area contributed by atoms with Crippen LogP contribution in [-0.2, 0) is 13.1 Å². The molecule has 1 aliphatic heterocycles. The predicted molar refractivity (Wildman–Crippen MR) is 100 cm³/mol. The van der Waals surface area contributed by atoms with Gasteiger partial charge < -0.3 is 5.11 Å². The van der Waals surface area contributed by atoms with Crippen molar-refractivity contribution in [3.63, 3.8) is 0 Å². The topological polar surface area (TPSA) is 68.7 Å². The van der Waals surface area contributed by atoms with Gasteiger partial charge in [-0.15, -0.1) is 0 Å². The van der Waals surface area contributed by atoms with E-state index in [0.29, 0.717) is 21.8 Å². The van der Waals surface area contributed by atoms with Gasteiger partial charge in [-0.1, -0.05) is 23.7 Å². The van der Waals surface area contributed by atoms with Gasteiger partial charge in [0, 0.05) is 30.1 Å². The molecule has 1 aromatic heterocycles. The molecule has 25 heavy (non-hydrogen) atoms. The number of aliphatic imine (C=N–C) groups is 1. The summed E-state index contributed by atoms with van der Waals surface area (Å²) in [6, 6.07) is 11.1. The van der Waals surface area contributed by atoms with Crippen LogP contribution in [0, 0.1) is 0 Å². The number of hydrogen-bond acceptors (Lipinski definition) is 4. The van der Waals surface area contributed by atoms with Gasteiger partial charge in [0.2, 0.25) is 5.88 Å². The van der Waals surface area contributed by atoms with Crippen molar-refractivity contribution in [1.29, 1.82) is 0 Å². The monoisotopic (exact) mass is 329 g/mol. The lowest BCUT2D eigenvalue weighted by Gasteiger charge is -2.06. The Labute approximate surface area is 146 Å². The average Bonchev–Trinajstić information content (AvgIpc) is 2.93. The summed E-state index contributed by atoms with van der Waals surface area (Å²) in [6.45, 7) is 1.85. The minimum Gasteiger partial charge on any atom is -0.494 e. The van der Waals surface area contributed by atoms with E-state index >= 15 is 0 Å². The van der Waals surface area contributed by atoms with Gasteiger partial charge in [-0.25, -0.2) is 0 Å². The molecule has 0 aliphatic carbocycles. The van der Waals surface area contributed by atoms with E-state index in [1.165, 1.54) is 11.1 Å². The van der Waals surface area contributed by atoms with Crippen LogP contribution in [0.2, 0.25) is 0 Å². The van der Waals surface area contributed by atoms with Gasteiger partial charge in [-0.05, 0) is 36.4 Å². The molecule has 0 unspecified atom stereocenters. The fourth-order valence-corrected chi connectivity index (χ4v) is 3.25. The van der Waals surface area contributed by atoms with E-state index in [-0.39, 0.29) is 11.4 Å². The minimum atomic E-state index is -0.356. The van der Waals surface area contributed by atoms with Crippen LogP contribution in [0.1, 0.15) is 16.7 Å². The van der Waals surface area contributed by atoms with E-state index in [0.717, 1.165) is 18.8 Å². The Morgan fingerprint density at radius 2 is 1.96 bits per heavy atom. The third-order valence-corrected chi connectivity index (χ3v) is 4.48. The van der Waals surface area contributed by atoms with Gasteiger partial charge in [0.25, 0.3) is 5.56 Å². The second-order valence-corrected chi connectivity index (χ2v) is 6.40. The maximum absolute atomic E-state index is 12.0. The Morgan fingerprint density at radius 3 is 2.80 bits per heavy atom. The summed E-state index contributed by atoms with van der Waals surface area (Å²) in [7, 11) is 7.91. The van der Waals surface area contributed by atoms with Gasteiger partial charge in [-0.2, -0.15) is 0 Å². The Balaban J connectivity index is 1.78. The second-order valence-electron chi connectivity index (χ2n) is 6.40. The molecular weight excluding hydrogens is 313 g/mol. The average molecular weight is 329 g/mol. The summed E-state index contributed by atoms with van der Waals surface area (Å²) >= 11 is 0. The lowest BCUT2D eigenvalue weighted by atomic mass is 9.92. The van der Waals surface area contributed by atoms with Crippen molar-refractivity contribution >= 4 is 36.0 Å². The highest BCUT2D eigenvalue weighted by atomic mass is 16.3. The van der Waals surface area contributed by atoms with Crippen LogP contribution in [0.5, 0.6) is 5.88 Å². The highest BCUT2D eigenvalue weighted by molar-refractivity contribution is 6.33. The van der Waals surface area contributed by atoms with E-state index < -0.39 is 0 Å². The van der Waals surface area contributed by atoms with Gasteiger partial charge in [0.1, 0.15) is 7.85 Å². The third-order valence-electron chi connectivity index (χ3n) is 4.48. The summed E-state index contributed by atoms with van der Waals surface area (Å²) in [5, 5.41) is 11.2. The summed E-state index contributed by atoms with van der Waals surface area (Å²) in [5.74, 6) is -0.215. The number of rotatable bonds is 2. The maximum Gasteiger partial charge on any atom is 0.258 e. The number of benzene rings is 2. The largest absolute Gasteiger partial charge is 0.494 e. The molecule has 3 aromatic rings. The molecule has 4 rings (SSSR count). The van der Waals surface area contributed by atoms with Crippen LogP contribution in [0.4, 0.5) is 5.69 Å². The van der Waals surface area contributed by atoms with Crippen molar-refractivity contribution in [3.05, 3.63) is 63.4 Å². The second kappa shape index (κ2) is 5.90. The number of pyridine rings is 1. The highest BCUT2D eigenvalue weighted by Crippen LogP contribution is 2.26. The molecule has 0 atom stereocenters. The van der Waals surface area contributed by atoms with Crippen molar-refractivity contribution < 1.29 is 5.11 Å². The molecule has 0 spiro atoms. The number of hydrogen-bond donors (Lipinski definition) is 2. The molecule has 0 saturated carbocycles. The molecule has 2 aromatic carbocycles. The zero-order valence-corrected chi connectivity index (χ0v) is 13.8. The van der Waals surface area contributed by atoms with E-state index in [1.807, 2.05) is 6.07 Å². The first kappa shape index (κ1) is 15.7. The molecule has 0 saturated heterocycles. The molecule has 0 amide bonds. The quantitative estimate of drug-likeness (QED) is 0.556. The number of aromatic amines is 1. The van der Waals surface area contributed by atoms with Gasteiger partial charge in [0.15, 0.2) is 0 Å². The van der Waals surface area contributed by atoms with Crippen LogP contribution in [0.3, 0.4) is 0 Å². The van der Waals surface area contributed by atoms with E-state index in [2.05, 4.69) is 34.1 Å². The molecule has 5 nitrogen and oxygen atoms in total. The van der Waals surface area contributed by atoms with Crippen LogP contribution in [0.15, 0.2) is 46.2 Å². The Kier molecular flexibility index (Phi) is 3.69. The molecule has 1 aliphatic rings. The van der Waals surface area contributed by atoms with Gasteiger partial charge in [-0.3, -0.25) is 19.7 Å². The normalized spacial score (nSPS) is 14.4. The lowest BCUT2D eigenvalue weighted by Crippen LogP contribution is -2.11. The zero-order chi connectivity index (χ0) is 17.6. The van der Waals surface area contributed by atoms with Crippen LogP contribution < -0.4 is 11.0 Å².